The molecule has 1 aliphatic carbocycles. The fourth-order valence-corrected chi connectivity index (χ4v) is 3.55. The first-order valence-electron chi connectivity index (χ1n) is 10.1. The molecule has 0 radical (unpaired) electrons. The van der Waals surface area contributed by atoms with Crippen LogP contribution in [0.3, 0.4) is 0 Å². The number of nitrogens with zero attached hydrogens (tertiary/aromatic N) is 2. The van der Waals surface area contributed by atoms with Crippen LogP contribution in [-0.2, 0) is 11.2 Å². The maximum absolute atomic E-state index is 11.7. The number of rotatable bonds is 7. The van der Waals surface area contributed by atoms with E-state index < -0.39 is 0 Å². The molecule has 0 atom stereocenters. The number of guanidine groups is 1. The highest BCUT2D eigenvalue weighted by Gasteiger charge is 2.29. The Bertz CT molecular complexity index is 595. The topological polar surface area (TPSA) is 56.7 Å². The first-order valence-corrected chi connectivity index (χ1v) is 10.1. The maximum atomic E-state index is 11.7. The minimum atomic E-state index is 0. The second-order valence-corrected chi connectivity index (χ2v) is 7.42. The molecule has 1 aliphatic heterocycles. The zero-order valence-electron chi connectivity index (χ0n) is 16.3. The molecule has 3 rings (SSSR count). The van der Waals surface area contributed by atoms with Crippen LogP contribution in [0.1, 0.15) is 38.2 Å². The molecule has 1 aromatic rings. The van der Waals surface area contributed by atoms with Gasteiger partial charge in [-0.05, 0) is 50.5 Å². The van der Waals surface area contributed by atoms with Gasteiger partial charge < -0.3 is 15.5 Å². The zero-order valence-corrected chi connectivity index (χ0v) is 18.7. The van der Waals surface area contributed by atoms with Crippen LogP contribution < -0.4 is 10.6 Å². The number of aliphatic imine (C=N–C) groups is 1. The minimum absolute atomic E-state index is 0. The van der Waals surface area contributed by atoms with Crippen molar-refractivity contribution in [2.24, 2.45) is 16.8 Å². The van der Waals surface area contributed by atoms with Gasteiger partial charge >= 0.3 is 0 Å². The summed E-state index contributed by atoms with van der Waals surface area (Å²) in [5.74, 6) is 2.23. The molecule has 27 heavy (non-hydrogen) atoms. The molecule has 2 fully saturated rings. The van der Waals surface area contributed by atoms with Gasteiger partial charge in [0.1, 0.15) is 0 Å². The number of amides is 1. The van der Waals surface area contributed by atoms with Crippen LogP contribution in [0.25, 0.3) is 0 Å². The zero-order chi connectivity index (χ0) is 18.2. The van der Waals surface area contributed by atoms with E-state index in [2.05, 4.69) is 52.8 Å². The average Bonchev–Trinajstić information content (AvgIpc) is 3.51. The van der Waals surface area contributed by atoms with Crippen molar-refractivity contribution in [3.8, 4) is 0 Å². The van der Waals surface area contributed by atoms with E-state index in [1.54, 1.807) is 0 Å². The summed E-state index contributed by atoms with van der Waals surface area (Å²) in [5.41, 5.74) is 1.44. The van der Waals surface area contributed by atoms with Crippen LogP contribution in [0.15, 0.2) is 35.3 Å². The van der Waals surface area contributed by atoms with Gasteiger partial charge in [-0.3, -0.25) is 9.79 Å². The summed E-state index contributed by atoms with van der Waals surface area (Å²) < 4.78 is 0. The summed E-state index contributed by atoms with van der Waals surface area (Å²) in [7, 11) is 0. The van der Waals surface area contributed by atoms with Gasteiger partial charge in [-0.2, -0.15) is 0 Å². The SMILES string of the molecule is CCNC(=NCCNC(=O)C1CC1)N1CCC(Cc2ccccc2)CC1.I. The summed E-state index contributed by atoms with van der Waals surface area (Å²) in [5, 5.41) is 6.39. The van der Waals surface area contributed by atoms with Crippen LogP contribution in [0.5, 0.6) is 0 Å². The Kier molecular flexibility index (Phi) is 9.38. The molecule has 0 spiro atoms. The van der Waals surface area contributed by atoms with Crippen molar-refractivity contribution >= 4 is 35.8 Å². The molecule has 2 N–H and O–H groups in total. The molecule has 1 amide bonds. The van der Waals surface area contributed by atoms with E-state index in [1.165, 1.54) is 24.8 Å². The molecule has 6 heteroatoms. The van der Waals surface area contributed by atoms with Gasteiger partial charge in [-0.1, -0.05) is 30.3 Å². The monoisotopic (exact) mass is 484 g/mol. The van der Waals surface area contributed by atoms with Crippen LogP contribution >= 0.6 is 24.0 Å². The van der Waals surface area contributed by atoms with Crippen LogP contribution in [0, 0.1) is 11.8 Å². The molecular formula is C21H33IN4O. The van der Waals surface area contributed by atoms with Crippen LogP contribution in [0.2, 0.25) is 0 Å². The fraction of sp³-hybridized carbons (Fsp3) is 0.619. The molecule has 150 valence electrons. The first kappa shape index (κ1) is 22.0. The van der Waals surface area contributed by atoms with Gasteiger partial charge in [0.15, 0.2) is 5.96 Å². The number of benzene rings is 1. The number of halogens is 1. The summed E-state index contributed by atoms with van der Waals surface area (Å²) in [6.45, 7) is 6.36. The van der Waals surface area contributed by atoms with Crippen molar-refractivity contribution in [2.75, 3.05) is 32.7 Å². The van der Waals surface area contributed by atoms with E-state index in [1.807, 2.05) is 0 Å². The van der Waals surface area contributed by atoms with E-state index in [4.69, 9.17) is 4.99 Å². The molecular weight excluding hydrogens is 451 g/mol. The molecule has 2 aliphatic rings. The second-order valence-electron chi connectivity index (χ2n) is 7.42. The number of hydrogen-bond acceptors (Lipinski definition) is 2. The summed E-state index contributed by atoms with van der Waals surface area (Å²) in [6, 6.07) is 10.8. The number of carbonyl (C=O) groups is 1. The fourth-order valence-electron chi connectivity index (χ4n) is 3.55. The number of hydrogen-bond donors (Lipinski definition) is 2. The Morgan fingerprint density at radius 2 is 1.81 bits per heavy atom. The highest BCUT2D eigenvalue weighted by molar-refractivity contribution is 14.0. The Balaban J connectivity index is 0.00000261. The number of piperidine rings is 1. The lowest BCUT2D eigenvalue weighted by Gasteiger charge is -2.34. The average molecular weight is 484 g/mol. The third-order valence-electron chi connectivity index (χ3n) is 5.24. The Labute approximate surface area is 180 Å². The van der Waals surface area contributed by atoms with Crippen molar-refractivity contribution in [1.29, 1.82) is 0 Å². The van der Waals surface area contributed by atoms with Gasteiger partial charge in [-0.25, -0.2) is 0 Å². The molecule has 5 nitrogen and oxygen atoms in total. The maximum Gasteiger partial charge on any atom is 0.223 e. The quantitative estimate of drug-likeness (QED) is 0.271. The Morgan fingerprint density at radius 1 is 1.11 bits per heavy atom. The van der Waals surface area contributed by atoms with Crippen molar-refractivity contribution in [2.45, 2.75) is 39.0 Å². The Hall–Kier alpha value is -1.31. The van der Waals surface area contributed by atoms with Gasteiger partial charge in [-0.15, -0.1) is 24.0 Å². The standard InChI is InChI=1S/C21H32N4O.HI/c1-2-22-21(24-13-12-23-20(26)19-8-9-19)25-14-10-18(11-15-25)16-17-6-4-3-5-7-17;/h3-7,18-19H,2,8-16H2,1H3,(H,22,24)(H,23,26);1H. The predicted molar refractivity (Wildman–Crippen MR) is 122 cm³/mol. The Morgan fingerprint density at radius 3 is 2.44 bits per heavy atom. The molecule has 0 aromatic heterocycles. The van der Waals surface area contributed by atoms with E-state index >= 15 is 0 Å². The van der Waals surface area contributed by atoms with Gasteiger partial charge in [0, 0.05) is 32.1 Å². The van der Waals surface area contributed by atoms with Crippen molar-refractivity contribution in [3.63, 3.8) is 0 Å². The number of nitrogens with one attached hydrogen (secondary N) is 2. The lowest BCUT2D eigenvalue weighted by Crippen LogP contribution is -2.46. The van der Waals surface area contributed by atoms with Gasteiger partial charge in [0.05, 0.1) is 6.54 Å². The van der Waals surface area contributed by atoms with Gasteiger partial charge in [0.25, 0.3) is 0 Å². The summed E-state index contributed by atoms with van der Waals surface area (Å²) >= 11 is 0. The summed E-state index contributed by atoms with van der Waals surface area (Å²) in [6.07, 6.45) is 5.69. The van der Waals surface area contributed by atoms with Crippen molar-refractivity contribution < 1.29 is 4.79 Å². The van der Waals surface area contributed by atoms with E-state index in [0.717, 1.165) is 44.4 Å². The minimum Gasteiger partial charge on any atom is -0.357 e. The molecule has 0 bridgehead atoms. The van der Waals surface area contributed by atoms with Gasteiger partial charge in [0.2, 0.25) is 5.91 Å². The second kappa shape index (κ2) is 11.5. The third-order valence-corrected chi connectivity index (χ3v) is 5.24. The molecule has 1 saturated carbocycles. The molecule has 1 aromatic carbocycles. The third kappa shape index (κ3) is 7.31. The first-order chi connectivity index (χ1) is 12.8. The van der Waals surface area contributed by atoms with Crippen molar-refractivity contribution in [1.82, 2.24) is 15.5 Å². The van der Waals surface area contributed by atoms with Crippen molar-refractivity contribution in [3.05, 3.63) is 35.9 Å². The highest BCUT2D eigenvalue weighted by atomic mass is 127. The van der Waals surface area contributed by atoms with E-state index in [9.17, 15) is 4.79 Å². The molecule has 1 heterocycles. The normalized spacial score (nSPS) is 18.0. The molecule has 0 unspecified atom stereocenters. The lowest BCUT2D eigenvalue weighted by molar-refractivity contribution is -0.122. The molecule has 1 saturated heterocycles. The van der Waals surface area contributed by atoms with E-state index in [-0.39, 0.29) is 35.8 Å². The smallest absolute Gasteiger partial charge is 0.223 e. The predicted octanol–water partition coefficient (Wildman–Crippen LogP) is 3.05. The lowest BCUT2D eigenvalue weighted by atomic mass is 9.90. The largest absolute Gasteiger partial charge is 0.357 e. The number of carbonyl (C=O) groups excluding carboxylic acids is 1. The summed E-state index contributed by atoms with van der Waals surface area (Å²) in [4.78, 5) is 18.8. The van der Waals surface area contributed by atoms with Crippen LogP contribution in [-0.4, -0.2) is 49.5 Å². The van der Waals surface area contributed by atoms with Crippen LogP contribution in [0.4, 0.5) is 0 Å². The highest BCUT2D eigenvalue weighted by Crippen LogP contribution is 2.28. The van der Waals surface area contributed by atoms with E-state index in [0.29, 0.717) is 13.1 Å². The number of likely N-dealkylation sites (tertiary alicyclic amines) is 1.